The average molecular weight is 371 g/mol. The molecule has 0 fully saturated rings. The molecule has 0 spiro atoms. The standard InChI is InChI=1S/C23H25N5/c1-3-16-10-21-19(15-28-23(21)27-11-16)9-17-6-8-22(25-12-17)26-14-18-5-7-20(4-2)24-13-18/h5-8,10-13,15H,3-4,9,14H2,1-2H3,(H,25,26)(H,27,28). The fraction of sp³-hybridized carbons (Fsp3) is 0.261. The Balaban J connectivity index is 1.41. The van der Waals surface area contributed by atoms with Crippen LogP contribution >= 0.6 is 0 Å². The molecule has 0 saturated heterocycles. The second-order valence-electron chi connectivity index (χ2n) is 7.00. The fourth-order valence-corrected chi connectivity index (χ4v) is 3.26. The zero-order valence-electron chi connectivity index (χ0n) is 16.4. The molecular formula is C23H25N5. The van der Waals surface area contributed by atoms with E-state index in [0.29, 0.717) is 0 Å². The zero-order chi connectivity index (χ0) is 19.3. The van der Waals surface area contributed by atoms with Crippen molar-refractivity contribution >= 4 is 16.9 Å². The van der Waals surface area contributed by atoms with E-state index in [1.807, 2.05) is 24.7 Å². The van der Waals surface area contributed by atoms with Gasteiger partial charge in [0.05, 0.1) is 0 Å². The van der Waals surface area contributed by atoms with E-state index in [9.17, 15) is 0 Å². The number of rotatable bonds is 7. The van der Waals surface area contributed by atoms with Crippen molar-refractivity contribution in [1.82, 2.24) is 19.9 Å². The van der Waals surface area contributed by atoms with E-state index < -0.39 is 0 Å². The van der Waals surface area contributed by atoms with Crippen molar-refractivity contribution in [1.29, 1.82) is 0 Å². The quantitative estimate of drug-likeness (QED) is 0.495. The van der Waals surface area contributed by atoms with Gasteiger partial charge in [0.25, 0.3) is 0 Å². The third kappa shape index (κ3) is 4.03. The van der Waals surface area contributed by atoms with Crippen molar-refractivity contribution in [2.24, 2.45) is 0 Å². The highest BCUT2D eigenvalue weighted by Crippen LogP contribution is 2.21. The number of aromatic nitrogens is 4. The van der Waals surface area contributed by atoms with Crippen LogP contribution in [0.15, 0.2) is 55.1 Å². The van der Waals surface area contributed by atoms with Gasteiger partial charge in [-0.2, -0.15) is 0 Å². The first-order chi connectivity index (χ1) is 13.7. The van der Waals surface area contributed by atoms with Crippen LogP contribution < -0.4 is 5.32 Å². The Kier molecular flexibility index (Phi) is 5.33. The van der Waals surface area contributed by atoms with Gasteiger partial charge in [-0.15, -0.1) is 0 Å². The highest BCUT2D eigenvalue weighted by atomic mass is 15.0. The van der Waals surface area contributed by atoms with Crippen molar-refractivity contribution in [3.05, 3.63) is 83.1 Å². The highest BCUT2D eigenvalue weighted by molar-refractivity contribution is 5.80. The summed E-state index contributed by atoms with van der Waals surface area (Å²) in [5, 5.41) is 4.56. The number of pyridine rings is 3. The summed E-state index contributed by atoms with van der Waals surface area (Å²) in [6.07, 6.45) is 10.7. The molecule has 0 aromatic carbocycles. The van der Waals surface area contributed by atoms with E-state index in [2.05, 4.69) is 69.6 Å². The van der Waals surface area contributed by atoms with Gasteiger partial charge in [0, 0.05) is 48.8 Å². The van der Waals surface area contributed by atoms with Gasteiger partial charge >= 0.3 is 0 Å². The summed E-state index contributed by atoms with van der Waals surface area (Å²) in [6.45, 7) is 4.98. The largest absolute Gasteiger partial charge is 0.366 e. The maximum Gasteiger partial charge on any atom is 0.137 e. The molecule has 28 heavy (non-hydrogen) atoms. The summed E-state index contributed by atoms with van der Waals surface area (Å²) in [5.41, 5.74) is 6.91. The van der Waals surface area contributed by atoms with E-state index in [1.54, 1.807) is 0 Å². The first-order valence-corrected chi connectivity index (χ1v) is 9.82. The summed E-state index contributed by atoms with van der Waals surface area (Å²) < 4.78 is 0. The van der Waals surface area contributed by atoms with Crippen LogP contribution in [-0.4, -0.2) is 19.9 Å². The first kappa shape index (κ1) is 18.2. The van der Waals surface area contributed by atoms with Crippen molar-refractivity contribution in [3.63, 3.8) is 0 Å². The molecule has 5 heteroatoms. The number of nitrogens with zero attached hydrogens (tertiary/aromatic N) is 3. The van der Waals surface area contributed by atoms with Crippen LogP contribution in [0.3, 0.4) is 0 Å². The molecule has 0 atom stereocenters. The summed E-state index contributed by atoms with van der Waals surface area (Å²) >= 11 is 0. The summed E-state index contributed by atoms with van der Waals surface area (Å²) in [6, 6.07) is 10.6. The second kappa shape index (κ2) is 8.21. The lowest BCUT2D eigenvalue weighted by Crippen LogP contribution is -2.02. The molecule has 0 aliphatic heterocycles. The molecule has 0 radical (unpaired) electrons. The molecule has 0 aliphatic rings. The van der Waals surface area contributed by atoms with E-state index in [1.165, 1.54) is 22.1 Å². The predicted octanol–water partition coefficient (Wildman–Crippen LogP) is 4.68. The zero-order valence-corrected chi connectivity index (χ0v) is 16.4. The molecule has 2 N–H and O–H groups in total. The molecule has 0 aliphatic carbocycles. The number of fused-ring (bicyclic) bond motifs is 1. The average Bonchev–Trinajstić information content (AvgIpc) is 3.15. The maximum absolute atomic E-state index is 4.56. The molecule has 142 valence electrons. The van der Waals surface area contributed by atoms with Gasteiger partial charge < -0.3 is 10.3 Å². The number of aromatic amines is 1. The minimum atomic E-state index is 0.719. The topological polar surface area (TPSA) is 66.5 Å². The second-order valence-corrected chi connectivity index (χ2v) is 7.00. The number of hydrogen-bond donors (Lipinski definition) is 2. The lowest BCUT2D eigenvalue weighted by atomic mass is 10.1. The van der Waals surface area contributed by atoms with Crippen LogP contribution in [0.2, 0.25) is 0 Å². The van der Waals surface area contributed by atoms with Gasteiger partial charge in [0.1, 0.15) is 11.5 Å². The van der Waals surface area contributed by atoms with Crippen molar-refractivity contribution in [2.45, 2.75) is 39.7 Å². The van der Waals surface area contributed by atoms with Crippen molar-refractivity contribution < 1.29 is 0 Å². The smallest absolute Gasteiger partial charge is 0.137 e. The predicted molar refractivity (Wildman–Crippen MR) is 113 cm³/mol. The molecule has 4 aromatic heterocycles. The molecule has 0 bridgehead atoms. The number of nitrogens with one attached hydrogen (secondary N) is 2. The van der Waals surface area contributed by atoms with Gasteiger partial charge in [-0.3, -0.25) is 4.98 Å². The van der Waals surface area contributed by atoms with Crippen LogP contribution in [0.1, 0.15) is 41.8 Å². The summed E-state index contributed by atoms with van der Waals surface area (Å²) in [7, 11) is 0. The third-order valence-electron chi connectivity index (χ3n) is 5.02. The molecule has 4 aromatic rings. The lowest BCUT2D eigenvalue weighted by molar-refractivity contribution is 1.00. The molecular weight excluding hydrogens is 346 g/mol. The Morgan fingerprint density at radius 2 is 1.68 bits per heavy atom. The first-order valence-electron chi connectivity index (χ1n) is 9.82. The van der Waals surface area contributed by atoms with Gasteiger partial charge in [0.2, 0.25) is 0 Å². The van der Waals surface area contributed by atoms with E-state index in [-0.39, 0.29) is 0 Å². The van der Waals surface area contributed by atoms with Crippen LogP contribution in [0, 0.1) is 0 Å². The molecule has 0 unspecified atom stereocenters. The van der Waals surface area contributed by atoms with Crippen LogP contribution in [0.5, 0.6) is 0 Å². The van der Waals surface area contributed by atoms with Crippen LogP contribution in [-0.2, 0) is 25.8 Å². The van der Waals surface area contributed by atoms with Gasteiger partial charge in [-0.05, 0) is 53.3 Å². The number of aryl methyl sites for hydroxylation is 2. The Bertz CT molecular complexity index is 1050. The summed E-state index contributed by atoms with van der Waals surface area (Å²) in [5.74, 6) is 0.872. The number of hydrogen-bond acceptors (Lipinski definition) is 4. The van der Waals surface area contributed by atoms with Crippen LogP contribution in [0.25, 0.3) is 11.0 Å². The molecule has 0 amide bonds. The third-order valence-corrected chi connectivity index (χ3v) is 5.02. The minimum absolute atomic E-state index is 0.719. The molecule has 4 rings (SSSR count). The van der Waals surface area contributed by atoms with Crippen LogP contribution in [0.4, 0.5) is 5.82 Å². The number of anilines is 1. The highest BCUT2D eigenvalue weighted by Gasteiger charge is 2.07. The minimum Gasteiger partial charge on any atom is -0.366 e. The van der Waals surface area contributed by atoms with Gasteiger partial charge in [-0.25, -0.2) is 9.97 Å². The Labute approximate surface area is 165 Å². The normalized spacial score (nSPS) is 11.1. The SMILES string of the molecule is CCc1cnc2[nH]cc(Cc3ccc(NCc4ccc(CC)nc4)nc3)c2c1. The molecule has 0 saturated carbocycles. The Morgan fingerprint density at radius 3 is 2.39 bits per heavy atom. The summed E-state index contributed by atoms with van der Waals surface area (Å²) in [4.78, 5) is 16.8. The fourth-order valence-electron chi connectivity index (χ4n) is 3.26. The van der Waals surface area contributed by atoms with E-state index in [0.717, 1.165) is 48.5 Å². The molecule has 4 heterocycles. The Morgan fingerprint density at radius 1 is 0.857 bits per heavy atom. The lowest BCUT2D eigenvalue weighted by Gasteiger charge is -2.07. The van der Waals surface area contributed by atoms with Crippen molar-refractivity contribution in [2.75, 3.05) is 5.32 Å². The maximum atomic E-state index is 4.56. The Hall–Kier alpha value is -3.21. The van der Waals surface area contributed by atoms with E-state index in [4.69, 9.17) is 0 Å². The van der Waals surface area contributed by atoms with Crippen molar-refractivity contribution in [3.8, 4) is 0 Å². The van der Waals surface area contributed by atoms with Gasteiger partial charge in [0.15, 0.2) is 0 Å². The van der Waals surface area contributed by atoms with Gasteiger partial charge in [-0.1, -0.05) is 26.0 Å². The molecule has 5 nitrogen and oxygen atoms in total. The van der Waals surface area contributed by atoms with E-state index >= 15 is 0 Å². The monoisotopic (exact) mass is 371 g/mol. The number of H-pyrrole nitrogens is 1.